The Hall–Kier alpha value is -2.22. The Kier molecular flexibility index (Phi) is 4.62. The lowest BCUT2D eigenvalue weighted by atomic mass is 10.1. The summed E-state index contributed by atoms with van der Waals surface area (Å²) in [6, 6.07) is 17.8. The molecular weight excluding hydrogens is 234 g/mol. The number of aryl methyl sites for hydroxylation is 1. The maximum atomic E-state index is 11.9. The predicted octanol–water partition coefficient (Wildman–Crippen LogP) is 1.92. The van der Waals surface area contributed by atoms with Crippen molar-refractivity contribution in [3.8, 4) is 0 Å². The van der Waals surface area contributed by atoms with E-state index in [4.69, 9.17) is 0 Å². The molecule has 0 saturated carbocycles. The van der Waals surface area contributed by atoms with Gasteiger partial charge in [0.25, 0.3) is 0 Å². The molecule has 0 aliphatic rings. The van der Waals surface area contributed by atoms with Gasteiger partial charge in [-0.05, 0) is 6.92 Å². The number of hydrogen-bond acceptors (Lipinski definition) is 1. The van der Waals surface area contributed by atoms with Gasteiger partial charge in [-0.15, -0.1) is 0 Å². The second kappa shape index (κ2) is 6.64. The second-order valence-corrected chi connectivity index (χ2v) is 4.56. The monoisotopic (exact) mass is 252 g/mol. The lowest BCUT2D eigenvalue weighted by Crippen LogP contribution is -2.67. The molecule has 0 fully saturated rings. The molecule has 2 aromatic rings. The van der Waals surface area contributed by atoms with E-state index in [1.807, 2.05) is 55.6 Å². The first-order valence-electron chi connectivity index (χ1n) is 6.44. The van der Waals surface area contributed by atoms with Crippen LogP contribution in [0.1, 0.15) is 27.9 Å². The van der Waals surface area contributed by atoms with Crippen LogP contribution >= 0.6 is 0 Å². The molecule has 0 bridgehead atoms. The fraction of sp³-hybridized carbons (Fsp3) is 0.176. The quantitative estimate of drug-likeness (QED) is 0.639. The van der Waals surface area contributed by atoms with Crippen LogP contribution in [0.5, 0.6) is 0 Å². The lowest BCUT2D eigenvalue weighted by molar-refractivity contribution is -0.470. The minimum absolute atomic E-state index is 0.139. The van der Waals surface area contributed by atoms with Crippen molar-refractivity contribution in [1.29, 1.82) is 0 Å². The number of rotatable bonds is 5. The molecule has 0 heterocycles. The van der Waals surface area contributed by atoms with Crippen molar-refractivity contribution < 1.29 is 9.79 Å². The zero-order chi connectivity index (χ0) is 13.5. The first-order chi connectivity index (χ1) is 9.25. The van der Waals surface area contributed by atoms with Crippen LogP contribution < -0.4 is 4.99 Å². The standard InChI is InChI=1S/C17H17NO/c1-14-7-9-16(10-8-14)17(19)11-12-18-13-15-5-3-2-4-6-15/h2-10,12H,11,13H2,1H3/p+1. The highest BCUT2D eigenvalue weighted by molar-refractivity contribution is 6.02. The van der Waals surface area contributed by atoms with Gasteiger partial charge >= 0.3 is 0 Å². The van der Waals surface area contributed by atoms with E-state index in [1.165, 1.54) is 11.1 Å². The van der Waals surface area contributed by atoms with E-state index in [0.29, 0.717) is 6.42 Å². The average Bonchev–Trinajstić information content (AvgIpc) is 2.45. The number of nitrogens with one attached hydrogen (secondary N) is 1. The van der Waals surface area contributed by atoms with Crippen LogP contribution in [0.3, 0.4) is 0 Å². The smallest absolute Gasteiger partial charge is 0.172 e. The largest absolute Gasteiger partial charge is 0.294 e. The Bertz CT molecular complexity index is 556. The summed E-state index contributed by atoms with van der Waals surface area (Å²) in [5.74, 6) is 0.139. The highest BCUT2D eigenvalue weighted by atomic mass is 16.1. The topological polar surface area (TPSA) is 31.0 Å². The minimum Gasteiger partial charge on any atom is -0.294 e. The highest BCUT2D eigenvalue weighted by Gasteiger charge is 2.04. The van der Waals surface area contributed by atoms with Crippen molar-refractivity contribution in [2.24, 2.45) is 0 Å². The molecule has 0 saturated heterocycles. The third-order valence-electron chi connectivity index (χ3n) is 2.95. The number of carbonyl (C=O) groups excluding carboxylic acids is 1. The number of benzene rings is 2. The molecule has 19 heavy (non-hydrogen) atoms. The van der Waals surface area contributed by atoms with Crippen molar-refractivity contribution >= 4 is 12.0 Å². The van der Waals surface area contributed by atoms with Gasteiger partial charge in [-0.25, -0.2) is 4.99 Å². The van der Waals surface area contributed by atoms with Gasteiger partial charge < -0.3 is 0 Å². The summed E-state index contributed by atoms with van der Waals surface area (Å²) in [6.45, 7) is 2.77. The van der Waals surface area contributed by atoms with Gasteiger partial charge in [0.15, 0.2) is 12.3 Å². The molecule has 0 amide bonds. The molecule has 0 aliphatic carbocycles. The molecule has 0 unspecified atom stereocenters. The maximum Gasteiger partial charge on any atom is 0.172 e. The molecule has 1 N–H and O–H groups in total. The molecule has 2 aromatic carbocycles. The molecule has 2 heteroatoms. The van der Waals surface area contributed by atoms with Gasteiger partial charge in [-0.2, -0.15) is 0 Å². The highest BCUT2D eigenvalue weighted by Crippen LogP contribution is 2.04. The van der Waals surface area contributed by atoms with Crippen LogP contribution in [0.15, 0.2) is 54.6 Å². The van der Waals surface area contributed by atoms with E-state index in [9.17, 15) is 4.79 Å². The van der Waals surface area contributed by atoms with E-state index in [-0.39, 0.29) is 5.78 Å². The first-order valence-corrected chi connectivity index (χ1v) is 6.44. The van der Waals surface area contributed by atoms with Crippen molar-refractivity contribution in [3.05, 3.63) is 71.3 Å². The molecule has 96 valence electrons. The van der Waals surface area contributed by atoms with Crippen LogP contribution in [-0.4, -0.2) is 12.0 Å². The SMILES string of the molecule is Cc1ccc(C(=O)CC=[NH+]Cc2ccccc2)cc1. The minimum atomic E-state index is 0.139. The van der Waals surface area contributed by atoms with Gasteiger partial charge in [0, 0.05) is 11.1 Å². The Labute approximate surface area is 113 Å². The Morgan fingerprint density at radius 2 is 1.74 bits per heavy atom. The van der Waals surface area contributed by atoms with E-state index in [2.05, 4.69) is 17.1 Å². The summed E-state index contributed by atoms with van der Waals surface area (Å²) < 4.78 is 0. The van der Waals surface area contributed by atoms with Crippen LogP contribution in [0, 0.1) is 6.92 Å². The number of carbonyl (C=O) groups is 1. The normalized spacial score (nSPS) is 10.8. The summed E-state index contributed by atoms with van der Waals surface area (Å²) >= 11 is 0. The van der Waals surface area contributed by atoms with Crippen molar-refractivity contribution in [2.45, 2.75) is 19.9 Å². The van der Waals surface area contributed by atoms with Gasteiger partial charge in [0.1, 0.15) is 6.21 Å². The molecule has 0 atom stereocenters. The van der Waals surface area contributed by atoms with Crippen LogP contribution in [0.4, 0.5) is 0 Å². The van der Waals surface area contributed by atoms with Crippen molar-refractivity contribution in [1.82, 2.24) is 0 Å². The Morgan fingerprint density at radius 3 is 2.42 bits per heavy atom. The number of ketones is 1. The van der Waals surface area contributed by atoms with Gasteiger partial charge in [0.2, 0.25) is 0 Å². The van der Waals surface area contributed by atoms with Crippen LogP contribution in [0.2, 0.25) is 0 Å². The average molecular weight is 252 g/mol. The third-order valence-corrected chi connectivity index (χ3v) is 2.95. The Morgan fingerprint density at radius 1 is 1.05 bits per heavy atom. The van der Waals surface area contributed by atoms with Gasteiger partial charge in [-0.3, -0.25) is 4.79 Å². The predicted molar refractivity (Wildman–Crippen MR) is 77.3 cm³/mol. The van der Waals surface area contributed by atoms with Gasteiger partial charge in [0.05, 0.1) is 6.42 Å². The molecule has 2 rings (SSSR count). The van der Waals surface area contributed by atoms with Crippen LogP contribution in [0.25, 0.3) is 0 Å². The fourth-order valence-electron chi connectivity index (χ4n) is 1.81. The van der Waals surface area contributed by atoms with Crippen molar-refractivity contribution in [2.75, 3.05) is 0 Å². The van der Waals surface area contributed by atoms with E-state index in [0.717, 1.165) is 12.1 Å². The molecule has 0 spiro atoms. The van der Waals surface area contributed by atoms with Gasteiger partial charge in [-0.1, -0.05) is 60.2 Å². The van der Waals surface area contributed by atoms with Crippen molar-refractivity contribution in [3.63, 3.8) is 0 Å². The molecule has 0 aromatic heterocycles. The van der Waals surface area contributed by atoms with Crippen LogP contribution in [-0.2, 0) is 6.54 Å². The maximum absolute atomic E-state index is 11.9. The molecular formula is C17H18NO+. The summed E-state index contributed by atoms with van der Waals surface area (Å²) in [7, 11) is 0. The summed E-state index contributed by atoms with van der Waals surface area (Å²) in [5.41, 5.74) is 3.15. The zero-order valence-electron chi connectivity index (χ0n) is 11.1. The summed E-state index contributed by atoms with van der Waals surface area (Å²) in [5, 5.41) is 0. The number of Topliss-reactive ketones (excluding diaryl/α,β-unsaturated/α-hetero) is 1. The first kappa shape index (κ1) is 13.2. The molecule has 0 radical (unpaired) electrons. The number of hydrogen-bond donors (Lipinski definition) is 1. The lowest BCUT2D eigenvalue weighted by Gasteiger charge is -1.97. The fourth-order valence-corrected chi connectivity index (χ4v) is 1.81. The van der Waals surface area contributed by atoms with E-state index < -0.39 is 0 Å². The second-order valence-electron chi connectivity index (χ2n) is 4.56. The summed E-state index contributed by atoms with van der Waals surface area (Å²) in [6.07, 6.45) is 2.24. The molecule has 0 aliphatic heterocycles. The van der Waals surface area contributed by atoms with E-state index >= 15 is 0 Å². The molecule has 2 nitrogen and oxygen atoms in total. The third kappa shape index (κ3) is 4.18. The summed E-state index contributed by atoms with van der Waals surface area (Å²) in [4.78, 5) is 15.1. The zero-order valence-corrected chi connectivity index (χ0v) is 11.1. The van der Waals surface area contributed by atoms with E-state index in [1.54, 1.807) is 0 Å². The Balaban J connectivity index is 1.85.